The molecular weight excluding hydrogens is 374 g/mol. The van der Waals surface area contributed by atoms with Gasteiger partial charge in [-0.1, -0.05) is 0 Å². The van der Waals surface area contributed by atoms with E-state index in [1.165, 1.54) is 0 Å². The van der Waals surface area contributed by atoms with Gasteiger partial charge in [0.2, 0.25) is 0 Å². The van der Waals surface area contributed by atoms with Gasteiger partial charge in [-0.3, -0.25) is 13.7 Å². The molecule has 0 saturated heterocycles. The van der Waals surface area contributed by atoms with E-state index in [-0.39, 0.29) is 10.8 Å². The van der Waals surface area contributed by atoms with E-state index in [9.17, 15) is 25.3 Å². The summed E-state index contributed by atoms with van der Waals surface area (Å²) < 4.78 is 94.6. The van der Waals surface area contributed by atoms with E-state index in [2.05, 4.69) is 0 Å². The lowest BCUT2D eigenvalue weighted by molar-refractivity contribution is 0.467. The third-order valence-corrected chi connectivity index (χ3v) is 5.69. The molecule has 23 heavy (non-hydrogen) atoms. The molecule has 0 aliphatic rings. The molecule has 0 saturated carbocycles. The summed E-state index contributed by atoms with van der Waals surface area (Å²) >= 11 is 0. The summed E-state index contributed by atoms with van der Waals surface area (Å²) in [4.78, 5) is -2.99. The van der Waals surface area contributed by atoms with Crippen LogP contribution in [-0.4, -0.2) is 38.9 Å². The van der Waals surface area contributed by atoms with Gasteiger partial charge in [-0.05, 0) is 35.0 Å². The van der Waals surface area contributed by atoms with Crippen LogP contribution in [0.25, 0.3) is 10.8 Å². The second-order valence-corrected chi connectivity index (χ2v) is 8.63. The average Bonchev–Trinajstić information content (AvgIpc) is 2.32. The quantitative estimate of drug-likeness (QED) is 0.419. The van der Waals surface area contributed by atoms with E-state index in [4.69, 9.17) is 19.4 Å². The molecule has 10 nitrogen and oxygen atoms in total. The Morgan fingerprint density at radius 1 is 0.609 bits per heavy atom. The fraction of sp³-hybridized carbons (Fsp3) is 0. The number of nitrogen functional groups attached to an aromatic ring is 1. The Bertz CT molecular complexity index is 1130. The van der Waals surface area contributed by atoms with Gasteiger partial charge in [-0.25, -0.2) is 0 Å². The summed E-state index contributed by atoms with van der Waals surface area (Å²) in [6.07, 6.45) is 0. The van der Waals surface area contributed by atoms with E-state index in [1.54, 1.807) is 0 Å². The number of fused-ring (bicyclic) bond motifs is 1. The van der Waals surface area contributed by atoms with Crippen molar-refractivity contribution in [1.82, 2.24) is 0 Å². The molecule has 0 aliphatic heterocycles. The van der Waals surface area contributed by atoms with Crippen LogP contribution >= 0.6 is 0 Å². The molecule has 13 heteroatoms. The van der Waals surface area contributed by atoms with Crippen LogP contribution in [0, 0.1) is 0 Å². The average molecular weight is 383 g/mol. The fourth-order valence-corrected chi connectivity index (χ4v) is 4.37. The van der Waals surface area contributed by atoms with Gasteiger partial charge in [0, 0.05) is 0 Å². The minimum absolute atomic E-state index is 0.0464. The first-order valence-electron chi connectivity index (χ1n) is 5.51. The topological polar surface area (TPSA) is 189 Å². The lowest BCUT2D eigenvalue weighted by Crippen LogP contribution is -2.09. The van der Waals surface area contributed by atoms with Crippen LogP contribution in [0.1, 0.15) is 0 Å². The van der Waals surface area contributed by atoms with E-state index < -0.39 is 50.7 Å². The summed E-state index contributed by atoms with van der Waals surface area (Å²) in [6, 6.07) is 3.07. The molecule has 5 N–H and O–H groups in total. The summed E-state index contributed by atoms with van der Waals surface area (Å²) in [5.41, 5.74) is 5.01. The Hall–Kier alpha value is -1.77. The lowest BCUT2D eigenvalue weighted by Gasteiger charge is -2.09. The van der Waals surface area contributed by atoms with Crippen molar-refractivity contribution in [2.24, 2.45) is 0 Å². The lowest BCUT2D eigenvalue weighted by atomic mass is 10.1. The van der Waals surface area contributed by atoms with Gasteiger partial charge in [-0.2, -0.15) is 25.3 Å². The van der Waals surface area contributed by atoms with Gasteiger partial charge in [-0.15, -0.1) is 0 Å². The molecular formula is C10H9NO9S3. The van der Waals surface area contributed by atoms with E-state index >= 15 is 0 Å². The highest BCUT2D eigenvalue weighted by Gasteiger charge is 2.25. The molecule has 0 atom stereocenters. The van der Waals surface area contributed by atoms with E-state index in [1.807, 2.05) is 0 Å². The third-order valence-electron chi connectivity index (χ3n) is 2.87. The van der Waals surface area contributed by atoms with Crippen molar-refractivity contribution < 1.29 is 38.9 Å². The SMILES string of the molecule is Nc1cc2cc(S(=O)(=O)O)c(S(=O)(=O)O)cc2cc1S(=O)(=O)O. The zero-order valence-electron chi connectivity index (χ0n) is 10.9. The van der Waals surface area contributed by atoms with Crippen LogP contribution in [0.5, 0.6) is 0 Å². The molecule has 126 valence electrons. The maximum atomic E-state index is 11.3. The summed E-state index contributed by atoms with van der Waals surface area (Å²) in [5, 5.41) is -0.207. The largest absolute Gasteiger partial charge is 0.398 e. The maximum Gasteiger partial charge on any atom is 0.296 e. The highest BCUT2D eigenvalue weighted by Crippen LogP contribution is 2.31. The molecule has 0 heterocycles. The first kappa shape index (κ1) is 17.6. The zero-order valence-corrected chi connectivity index (χ0v) is 13.4. The predicted octanol–water partition coefficient (Wildman–Crippen LogP) is 0.162. The van der Waals surface area contributed by atoms with Crippen molar-refractivity contribution in [2.45, 2.75) is 14.7 Å². The minimum Gasteiger partial charge on any atom is -0.398 e. The summed E-state index contributed by atoms with van der Waals surface area (Å²) in [5.74, 6) is 0. The van der Waals surface area contributed by atoms with Gasteiger partial charge in [0.05, 0.1) is 5.69 Å². The van der Waals surface area contributed by atoms with Crippen LogP contribution in [0.3, 0.4) is 0 Å². The normalized spacial score (nSPS) is 13.3. The van der Waals surface area contributed by atoms with Crippen LogP contribution in [0.4, 0.5) is 5.69 Å². The summed E-state index contributed by atoms with van der Waals surface area (Å²) in [6.45, 7) is 0. The summed E-state index contributed by atoms with van der Waals surface area (Å²) in [7, 11) is -14.8. The van der Waals surface area contributed by atoms with Crippen LogP contribution in [0.2, 0.25) is 0 Å². The van der Waals surface area contributed by atoms with Crippen molar-refractivity contribution in [3.63, 3.8) is 0 Å². The Morgan fingerprint density at radius 2 is 0.913 bits per heavy atom. The molecule has 0 amide bonds. The first-order valence-corrected chi connectivity index (χ1v) is 9.83. The molecule has 0 fully saturated rings. The molecule has 0 aliphatic carbocycles. The fourth-order valence-electron chi connectivity index (χ4n) is 1.93. The zero-order chi connectivity index (χ0) is 17.8. The monoisotopic (exact) mass is 383 g/mol. The molecule has 0 aromatic heterocycles. The maximum absolute atomic E-state index is 11.3. The van der Waals surface area contributed by atoms with Crippen molar-refractivity contribution in [3.8, 4) is 0 Å². The Kier molecular flexibility index (Phi) is 3.91. The molecule has 0 bridgehead atoms. The van der Waals surface area contributed by atoms with Gasteiger partial charge < -0.3 is 5.73 Å². The second-order valence-electron chi connectivity index (χ2n) is 4.46. The highest BCUT2D eigenvalue weighted by molar-refractivity contribution is 7.89. The van der Waals surface area contributed by atoms with Gasteiger partial charge in [0.15, 0.2) is 0 Å². The van der Waals surface area contributed by atoms with Gasteiger partial charge >= 0.3 is 0 Å². The number of anilines is 1. The molecule has 0 radical (unpaired) electrons. The van der Waals surface area contributed by atoms with Crippen LogP contribution < -0.4 is 5.73 Å². The number of benzene rings is 2. The number of nitrogens with two attached hydrogens (primary N) is 1. The number of rotatable bonds is 3. The molecule has 2 aromatic carbocycles. The first-order chi connectivity index (χ1) is 10.2. The van der Waals surface area contributed by atoms with Crippen molar-refractivity contribution in [1.29, 1.82) is 0 Å². The molecule has 2 rings (SSSR count). The van der Waals surface area contributed by atoms with Gasteiger partial charge in [0.1, 0.15) is 14.7 Å². The molecule has 0 spiro atoms. The Morgan fingerprint density at radius 3 is 1.26 bits per heavy atom. The van der Waals surface area contributed by atoms with Crippen molar-refractivity contribution >= 4 is 46.8 Å². The Labute approximate surface area is 130 Å². The minimum atomic E-state index is -5.05. The smallest absolute Gasteiger partial charge is 0.296 e. The van der Waals surface area contributed by atoms with E-state index in [0.29, 0.717) is 12.1 Å². The predicted molar refractivity (Wildman–Crippen MR) is 77.8 cm³/mol. The standard InChI is InChI=1S/C10H9NO9S3/c11-7-1-5-3-9(22(15,16)17)10(23(18,19)20)4-6(5)2-8(7)21(12,13)14/h1-4H,11H2,(H,12,13,14)(H,15,16,17)(H,18,19,20). The molecule has 0 unspecified atom stereocenters. The molecule has 2 aromatic rings. The van der Waals surface area contributed by atoms with Gasteiger partial charge in [0.25, 0.3) is 30.4 Å². The van der Waals surface area contributed by atoms with Crippen molar-refractivity contribution in [3.05, 3.63) is 24.3 Å². The number of hydrogen-bond acceptors (Lipinski definition) is 7. The second kappa shape index (κ2) is 5.12. The van der Waals surface area contributed by atoms with E-state index in [0.717, 1.165) is 12.1 Å². The van der Waals surface area contributed by atoms with Crippen LogP contribution in [-0.2, 0) is 30.4 Å². The third kappa shape index (κ3) is 3.44. The van der Waals surface area contributed by atoms with Crippen LogP contribution in [0.15, 0.2) is 39.0 Å². The highest BCUT2D eigenvalue weighted by atomic mass is 32.2. The number of hydrogen-bond donors (Lipinski definition) is 4. The Balaban J connectivity index is 3.04. The van der Waals surface area contributed by atoms with Crippen molar-refractivity contribution in [2.75, 3.05) is 5.73 Å².